The first-order valence-electron chi connectivity index (χ1n) is 4.24. The lowest BCUT2D eigenvalue weighted by molar-refractivity contribution is 1.08. The van der Waals surface area contributed by atoms with Gasteiger partial charge in [-0.2, -0.15) is 0 Å². The van der Waals surface area contributed by atoms with Crippen LogP contribution in [0.4, 0.5) is 0 Å². The standard InChI is InChI=1S/C11H15I/c1-7-5-8(2)11(10(4)12)9(3)6-7/h5-6,10H,1-4H3. The molecule has 66 valence electrons. The predicted molar refractivity (Wildman–Crippen MR) is 63.1 cm³/mol. The van der Waals surface area contributed by atoms with E-state index in [2.05, 4.69) is 62.4 Å². The van der Waals surface area contributed by atoms with Crippen LogP contribution in [0.1, 0.15) is 33.1 Å². The minimum absolute atomic E-state index is 0.614. The predicted octanol–water partition coefficient (Wildman–Crippen LogP) is 4.11. The van der Waals surface area contributed by atoms with Gasteiger partial charge in [-0.05, 0) is 44.4 Å². The normalized spacial score (nSPS) is 13.1. The number of alkyl halides is 1. The quantitative estimate of drug-likeness (QED) is 0.534. The van der Waals surface area contributed by atoms with Crippen LogP contribution in [-0.4, -0.2) is 0 Å². The first kappa shape index (κ1) is 10.0. The molecule has 0 saturated carbocycles. The molecule has 0 aliphatic carbocycles. The third-order valence-corrected chi connectivity index (χ3v) is 2.76. The van der Waals surface area contributed by atoms with Gasteiger partial charge in [-0.15, -0.1) is 0 Å². The first-order valence-corrected chi connectivity index (χ1v) is 5.48. The fourth-order valence-corrected chi connectivity index (χ4v) is 2.80. The van der Waals surface area contributed by atoms with E-state index < -0.39 is 0 Å². The van der Waals surface area contributed by atoms with Crippen molar-refractivity contribution in [3.05, 3.63) is 34.4 Å². The van der Waals surface area contributed by atoms with Crippen LogP contribution in [0.2, 0.25) is 0 Å². The SMILES string of the molecule is Cc1cc(C)c(C(C)I)c(C)c1. The van der Waals surface area contributed by atoms with Crippen molar-refractivity contribution in [2.45, 2.75) is 31.6 Å². The van der Waals surface area contributed by atoms with Gasteiger partial charge in [0.05, 0.1) is 0 Å². The number of rotatable bonds is 1. The van der Waals surface area contributed by atoms with Gasteiger partial charge in [-0.25, -0.2) is 0 Å². The van der Waals surface area contributed by atoms with Crippen LogP contribution in [0, 0.1) is 20.8 Å². The van der Waals surface area contributed by atoms with E-state index in [1.165, 1.54) is 22.3 Å². The summed E-state index contributed by atoms with van der Waals surface area (Å²) in [6.07, 6.45) is 0. The maximum Gasteiger partial charge on any atom is 0.0336 e. The van der Waals surface area contributed by atoms with Crippen molar-refractivity contribution in [1.82, 2.24) is 0 Å². The number of hydrogen-bond donors (Lipinski definition) is 0. The molecule has 1 aromatic carbocycles. The lowest BCUT2D eigenvalue weighted by atomic mass is 9.98. The highest BCUT2D eigenvalue weighted by atomic mass is 127. The topological polar surface area (TPSA) is 0 Å². The van der Waals surface area contributed by atoms with Crippen molar-refractivity contribution in [3.63, 3.8) is 0 Å². The van der Waals surface area contributed by atoms with Crippen molar-refractivity contribution in [2.24, 2.45) is 0 Å². The largest absolute Gasteiger partial charge is 0.0777 e. The molecule has 0 bridgehead atoms. The van der Waals surface area contributed by atoms with Gasteiger partial charge in [0, 0.05) is 3.92 Å². The molecular weight excluding hydrogens is 259 g/mol. The second-order valence-corrected chi connectivity index (χ2v) is 5.30. The van der Waals surface area contributed by atoms with Crippen molar-refractivity contribution in [2.75, 3.05) is 0 Å². The zero-order valence-corrected chi connectivity index (χ0v) is 10.3. The second-order valence-electron chi connectivity index (χ2n) is 3.43. The molecule has 0 aliphatic rings. The first-order chi connectivity index (χ1) is 5.52. The fourth-order valence-electron chi connectivity index (χ4n) is 1.82. The average molecular weight is 274 g/mol. The summed E-state index contributed by atoms with van der Waals surface area (Å²) in [7, 11) is 0. The molecule has 0 aromatic heterocycles. The van der Waals surface area contributed by atoms with Crippen LogP contribution in [-0.2, 0) is 0 Å². The van der Waals surface area contributed by atoms with Gasteiger partial charge in [0.1, 0.15) is 0 Å². The molecule has 0 nitrogen and oxygen atoms in total. The molecule has 0 radical (unpaired) electrons. The lowest BCUT2D eigenvalue weighted by Gasteiger charge is -2.12. The van der Waals surface area contributed by atoms with E-state index in [-0.39, 0.29) is 0 Å². The molecule has 0 aliphatic heterocycles. The van der Waals surface area contributed by atoms with Gasteiger partial charge in [0.15, 0.2) is 0 Å². The Labute approximate surface area is 88.5 Å². The van der Waals surface area contributed by atoms with Gasteiger partial charge in [0.25, 0.3) is 0 Å². The van der Waals surface area contributed by atoms with Crippen molar-refractivity contribution in [3.8, 4) is 0 Å². The van der Waals surface area contributed by atoms with Gasteiger partial charge in [0.2, 0.25) is 0 Å². The van der Waals surface area contributed by atoms with Crippen LogP contribution >= 0.6 is 22.6 Å². The Morgan fingerprint density at radius 2 is 1.50 bits per heavy atom. The highest BCUT2D eigenvalue weighted by Crippen LogP contribution is 2.29. The molecule has 1 atom stereocenters. The van der Waals surface area contributed by atoms with E-state index >= 15 is 0 Å². The van der Waals surface area contributed by atoms with Crippen molar-refractivity contribution in [1.29, 1.82) is 0 Å². The van der Waals surface area contributed by atoms with E-state index in [0.29, 0.717) is 3.92 Å². The maximum atomic E-state index is 2.47. The number of halogens is 1. The summed E-state index contributed by atoms with van der Waals surface area (Å²) < 4.78 is 0.614. The fraction of sp³-hybridized carbons (Fsp3) is 0.455. The van der Waals surface area contributed by atoms with E-state index in [1.54, 1.807) is 0 Å². The van der Waals surface area contributed by atoms with Crippen LogP contribution in [0.5, 0.6) is 0 Å². The minimum atomic E-state index is 0.614. The molecule has 0 saturated heterocycles. The van der Waals surface area contributed by atoms with Crippen LogP contribution in [0.3, 0.4) is 0 Å². The van der Waals surface area contributed by atoms with E-state index in [1.807, 2.05) is 0 Å². The van der Waals surface area contributed by atoms with Gasteiger partial charge < -0.3 is 0 Å². The average Bonchev–Trinajstić information content (AvgIpc) is 1.82. The number of benzene rings is 1. The molecule has 12 heavy (non-hydrogen) atoms. The molecule has 0 spiro atoms. The summed E-state index contributed by atoms with van der Waals surface area (Å²) in [6.45, 7) is 8.79. The minimum Gasteiger partial charge on any atom is -0.0777 e. The van der Waals surface area contributed by atoms with E-state index in [9.17, 15) is 0 Å². The summed E-state index contributed by atoms with van der Waals surface area (Å²) in [5.41, 5.74) is 5.72. The van der Waals surface area contributed by atoms with Gasteiger partial charge >= 0.3 is 0 Å². The van der Waals surface area contributed by atoms with Crippen LogP contribution in [0.15, 0.2) is 12.1 Å². The Bertz CT molecular complexity index is 264. The molecule has 0 amide bonds. The third kappa shape index (κ3) is 2.00. The Balaban J connectivity index is 3.28. The van der Waals surface area contributed by atoms with E-state index in [0.717, 1.165) is 0 Å². The Kier molecular flexibility index (Phi) is 3.16. The van der Waals surface area contributed by atoms with E-state index in [4.69, 9.17) is 0 Å². The smallest absolute Gasteiger partial charge is 0.0336 e. The van der Waals surface area contributed by atoms with Crippen LogP contribution in [0.25, 0.3) is 0 Å². The Morgan fingerprint density at radius 3 is 1.83 bits per heavy atom. The molecular formula is C11H15I. The summed E-state index contributed by atoms with van der Waals surface area (Å²) in [5, 5.41) is 0. The molecule has 1 aromatic rings. The maximum absolute atomic E-state index is 2.47. The Hall–Kier alpha value is -0.0500. The van der Waals surface area contributed by atoms with Gasteiger partial charge in [-0.3, -0.25) is 0 Å². The summed E-state index contributed by atoms with van der Waals surface area (Å²) in [6, 6.07) is 4.52. The summed E-state index contributed by atoms with van der Waals surface area (Å²) >= 11 is 2.47. The van der Waals surface area contributed by atoms with Gasteiger partial charge in [-0.1, -0.05) is 40.3 Å². The third-order valence-electron chi connectivity index (χ3n) is 2.14. The monoisotopic (exact) mass is 274 g/mol. The zero-order valence-electron chi connectivity index (χ0n) is 8.11. The molecule has 0 heterocycles. The summed E-state index contributed by atoms with van der Waals surface area (Å²) in [5.74, 6) is 0. The molecule has 1 heteroatoms. The zero-order chi connectivity index (χ0) is 9.30. The molecule has 1 rings (SSSR count). The molecule has 0 N–H and O–H groups in total. The highest BCUT2D eigenvalue weighted by Gasteiger charge is 2.07. The Morgan fingerprint density at radius 1 is 1.08 bits per heavy atom. The van der Waals surface area contributed by atoms with Crippen molar-refractivity contribution < 1.29 is 0 Å². The van der Waals surface area contributed by atoms with Crippen molar-refractivity contribution >= 4 is 22.6 Å². The van der Waals surface area contributed by atoms with Crippen LogP contribution < -0.4 is 0 Å². The highest BCUT2D eigenvalue weighted by molar-refractivity contribution is 14.1. The lowest BCUT2D eigenvalue weighted by Crippen LogP contribution is -1.94. The number of hydrogen-bond acceptors (Lipinski definition) is 0. The molecule has 1 unspecified atom stereocenters. The molecule has 0 fully saturated rings. The number of aryl methyl sites for hydroxylation is 3. The summed E-state index contributed by atoms with van der Waals surface area (Å²) in [4.78, 5) is 0. The second kappa shape index (κ2) is 3.77.